The highest BCUT2D eigenvalue weighted by Gasteiger charge is 2.12. The normalized spacial score (nSPS) is 10.7. The molecule has 8 heteroatoms. The topological polar surface area (TPSA) is 75.5 Å². The molecular formula is C15H16BrN3O3S. The van der Waals surface area contributed by atoms with Crippen LogP contribution in [0.25, 0.3) is 0 Å². The number of nitro groups is 1. The van der Waals surface area contributed by atoms with E-state index in [9.17, 15) is 14.9 Å². The number of likely N-dealkylation sites (N-methyl/N-ethyl adjacent to an activating group) is 1. The fourth-order valence-electron chi connectivity index (χ4n) is 2.01. The number of hydrogen-bond acceptors (Lipinski definition) is 5. The van der Waals surface area contributed by atoms with Gasteiger partial charge < -0.3 is 5.32 Å². The van der Waals surface area contributed by atoms with Gasteiger partial charge in [-0.15, -0.1) is 11.3 Å². The van der Waals surface area contributed by atoms with Crippen molar-refractivity contribution in [3.8, 4) is 0 Å². The summed E-state index contributed by atoms with van der Waals surface area (Å²) in [5.41, 5.74) is 0.553. The first-order valence-corrected chi connectivity index (χ1v) is 8.59. The largest absolute Gasteiger partial charge is 0.325 e. The first kappa shape index (κ1) is 17.6. The van der Waals surface area contributed by atoms with Crippen LogP contribution in [0.1, 0.15) is 11.8 Å². The van der Waals surface area contributed by atoms with Gasteiger partial charge in [0.25, 0.3) is 5.69 Å². The molecule has 0 aliphatic rings. The maximum Gasteiger partial charge on any atom is 0.269 e. The Bertz CT molecular complexity index is 688. The number of nitrogens with one attached hydrogen (secondary N) is 1. The molecule has 2 aromatic rings. The van der Waals surface area contributed by atoms with E-state index in [2.05, 4.69) is 21.2 Å². The van der Waals surface area contributed by atoms with E-state index in [4.69, 9.17) is 0 Å². The van der Waals surface area contributed by atoms with Gasteiger partial charge in [0.1, 0.15) is 0 Å². The number of carbonyl (C=O) groups excluding carboxylic acids is 1. The lowest BCUT2D eigenvalue weighted by molar-refractivity contribution is -0.384. The first-order chi connectivity index (χ1) is 11.0. The van der Waals surface area contributed by atoms with E-state index in [1.165, 1.54) is 29.1 Å². The molecule has 1 N–H and O–H groups in total. The molecule has 1 aromatic heterocycles. The minimum absolute atomic E-state index is 0.00135. The Labute approximate surface area is 146 Å². The molecule has 0 unspecified atom stereocenters. The molecule has 23 heavy (non-hydrogen) atoms. The summed E-state index contributed by atoms with van der Waals surface area (Å²) in [5, 5.41) is 13.4. The summed E-state index contributed by atoms with van der Waals surface area (Å²) >= 11 is 5.07. The third-order valence-electron chi connectivity index (χ3n) is 3.18. The van der Waals surface area contributed by atoms with Gasteiger partial charge in [0.2, 0.25) is 5.91 Å². The molecular weight excluding hydrogens is 382 g/mol. The molecule has 0 saturated carbocycles. The van der Waals surface area contributed by atoms with Crippen LogP contribution in [0.3, 0.4) is 0 Å². The van der Waals surface area contributed by atoms with Crippen molar-refractivity contribution in [3.63, 3.8) is 0 Å². The maximum absolute atomic E-state index is 12.1. The molecule has 1 heterocycles. The van der Waals surface area contributed by atoms with Crippen molar-refractivity contribution in [1.82, 2.24) is 4.90 Å². The quantitative estimate of drug-likeness (QED) is 0.567. The molecule has 6 nitrogen and oxygen atoms in total. The van der Waals surface area contributed by atoms with Crippen LogP contribution in [0.2, 0.25) is 0 Å². The van der Waals surface area contributed by atoms with Crippen molar-refractivity contribution in [2.45, 2.75) is 13.5 Å². The fraction of sp³-hybridized carbons (Fsp3) is 0.267. The molecule has 122 valence electrons. The number of hydrogen-bond donors (Lipinski definition) is 1. The van der Waals surface area contributed by atoms with E-state index in [-0.39, 0.29) is 18.1 Å². The van der Waals surface area contributed by atoms with Gasteiger partial charge in [0.15, 0.2) is 0 Å². The van der Waals surface area contributed by atoms with Crippen LogP contribution in [-0.2, 0) is 11.3 Å². The number of benzene rings is 1. The van der Waals surface area contributed by atoms with E-state index in [0.29, 0.717) is 12.2 Å². The Balaban J connectivity index is 1.90. The number of rotatable bonds is 7. The predicted molar refractivity (Wildman–Crippen MR) is 94.7 cm³/mol. The van der Waals surface area contributed by atoms with Gasteiger partial charge in [-0.2, -0.15) is 0 Å². The number of non-ortho nitro benzene ring substituents is 1. The number of amides is 1. The van der Waals surface area contributed by atoms with Crippen molar-refractivity contribution in [1.29, 1.82) is 0 Å². The van der Waals surface area contributed by atoms with E-state index in [1.54, 1.807) is 11.3 Å². The monoisotopic (exact) mass is 397 g/mol. The Kier molecular flexibility index (Phi) is 6.26. The smallest absolute Gasteiger partial charge is 0.269 e. The lowest BCUT2D eigenvalue weighted by Gasteiger charge is -2.19. The molecule has 0 bridgehead atoms. The van der Waals surface area contributed by atoms with Crippen LogP contribution >= 0.6 is 27.3 Å². The zero-order valence-electron chi connectivity index (χ0n) is 12.5. The Morgan fingerprint density at radius 1 is 1.30 bits per heavy atom. The van der Waals surface area contributed by atoms with Gasteiger partial charge in [0, 0.05) is 29.2 Å². The number of halogens is 1. The Hall–Kier alpha value is -1.77. The van der Waals surface area contributed by atoms with Crippen LogP contribution in [0, 0.1) is 10.1 Å². The second-order valence-corrected chi connectivity index (χ2v) is 7.41. The molecule has 0 aliphatic carbocycles. The zero-order valence-corrected chi connectivity index (χ0v) is 14.9. The molecule has 2 rings (SSSR count). The number of nitro benzene ring substituents is 1. The minimum Gasteiger partial charge on any atom is -0.325 e. The van der Waals surface area contributed by atoms with Gasteiger partial charge >= 0.3 is 0 Å². The van der Waals surface area contributed by atoms with Gasteiger partial charge in [0.05, 0.1) is 15.3 Å². The highest BCUT2D eigenvalue weighted by Crippen LogP contribution is 2.23. The second-order valence-electron chi connectivity index (χ2n) is 4.86. The number of carbonyl (C=O) groups is 1. The van der Waals surface area contributed by atoms with E-state index < -0.39 is 4.92 Å². The van der Waals surface area contributed by atoms with Crippen molar-refractivity contribution < 1.29 is 9.72 Å². The summed E-state index contributed by atoms with van der Waals surface area (Å²) in [5.74, 6) is -0.142. The van der Waals surface area contributed by atoms with E-state index in [0.717, 1.165) is 10.3 Å². The van der Waals surface area contributed by atoms with Crippen molar-refractivity contribution in [2.24, 2.45) is 0 Å². The molecule has 0 saturated heterocycles. The maximum atomic E-state index is 12.1. The van der Waals surface area contributed by atoms with Crippen molar-refractivity contribution >= 4 is 44.5 Å². The molecule has 1 amide bonds. The third kappa shape index (κ3) is 5.42. The number of anilines is 1. The summed E-state index contributed by atoms with van der Waals surface area (Å²) in [6.45, 7) is 3.73. The average Bonchev–Trinajstić information content (AvgIpc) is 2.92. The third-order valence-corrected chi connectivity index (χ3v) is 4.79. The van der Waals surface area contributed by atoms with E-state index in [1.807, 2.05) is 24.0 Å². The molecule has 0 fully saturated rings. The SMILES string of the molecule is CCN(CC(=O)Nc1ccc([N+](=O)[O-])cc1)Cc1ccc(Br)s1. The van der Waals surface area contributed by atoms with Crippen LogP contribution in [0.4, 0.5) is 11.4 Å². The van der Waals surface area contributed by atoms with Crippen molar-refractivity contribution in [3.05, 3.63) is 55.2 Å². The average molecular weight is 398 g/mol. The minimum atomic E-state index is -0.469. The Morgan fingerprint density at radius 2 is 2.00 bits per heavy atom. The predicted octanol–water partition coefficient (Wildman–Crippen LogP) is 3.88. The fourth-order valence-corrected chi connectivity index (χ4v) is 3.53. The summed E-state index contributed by atoms with van der Waals surface area (Å²) in [4.78, 5) is 25.4. The summed E-state index contributed by atoms with van der Waals surface area (Å²) < 4.78 is 1.07. The lowest BCUT2D eigenvalue weighted by Crippen LogP contribution is -2.32. The summed E-state index contributed by atoms with van der Waals surface area (Å²) in [6.07, 6.45) is 0. The van der Waals surface area contributed by atoms with Gasteiger partial charge in [-0.3, -0.25) is 19.8 Å². The standard InChI is InChI=1S/C15H16BrN3O3S/c1-2-18(9-13-7-8-14(16)23-13)10-15(20)17-11-3-5-12(6-4-11)19(21)22/h3-8H,2,9-10H2,1H3,(H,17,20). The molecule has 0 atom stereocenters. The zero-order chi connectivity index (χ0) is 16.8. The van der Waals surface area contributed by atoms with Gasteiger partial charge in [-0.05, 0) is 46.7 Å². The Morgan fingerprint density at radius 3 is 2.52 bits per heavy atom. The molecule has 0 aliphatic heterocycles. The van der Waals surface area contributed by atoms with E-state index >= 15 is 0 Å². The summed E-state index contributed by atoms with van der Waals surface area (Å²) in [6, 6.07) is 9.83. The van der Waals surface area contributed by atoms with Gasteiger partial charge in [-0.1, -0.05) is 6.92 Å². The first-order valence-electron chi connectivity index (χ1n) is 6.99. The van der Waals surface area contributed by atoms with Crippen LogP contribution in [0.5, 0.6) is 0 Å². The number of thiophene rings is 1. The lowest BCUT2D eigenvalue weighted by atomic mass is 10.3. The highest BCUT2D eigenvalue weighted by molar-refractivity contribution is 9.11. The molecule has 0 spiro atoms. The van der Waals surface area contributed by atoms with Crippen LogP contribution in [0.15, 0.2) is 40.2 Å². The van der Waals surface area contributed by atoms with Gasteiger partial charge in [-0.25, -0.2) is 0 Å². The molecule has 0 radical (unpaired) electrons. The summed E-state index contributed by atoms with van der Waals surface area (Å²) in [7, 11) is 0. The van der Waals surface area contributed by atoms with Crippen LogP contribution < -0.4 is 5.32 Å². The number of nitrogens with zero attached hydrogens (tertiary/aromatic N) is 2. The highest BCUT2D eigenvalue weighted by atomic mass is 79.9. The van der Waals surface area contributed by atoms with Crippen molar-refractivity contribution in [2.75, 3.05) is 18.4 Å². The molecule has 1 aromatic carbocycles. The van der Waals surface area contributed by atoms with Crippen LogP contribution in [-0.4, -0.2) is 28.8 Å². The second kappa shape index (κ2) is 8.19.